The van der Waals surface area contributed by atoms with E-state index in [1.54, 1.807) is 13.2 Å². The van der Waals surface area contributed by atoms with Crippen LogP contribution < -0.4 is 20.5 Å². The van der Waals surface area contributed by atoms with Crippen molar-refractivity contribution in [3.05, 3.63) is 64.1 Å². The Morgan fingerprint density at radius 1 is 1.23 bits per heavy atom. The number of aromatic nitrogens is 2. The topological polar surface area (TPSA) is 79.1 Å². The summed E-state index contributed by atoms with van der Waals surface area (Å²) in [5, 5.41) is 3.77. The maximum Gasteiger partial charge on any atom is 0.323 e. The van der Waals surface area contributed by atoms with Crippen LogP contribution in [0.2, 0.25) is 5.02 Å². The number of H-pyrrole nitrogens is 2. The maximum atomic E-state index is 11.3. The van der Waals surface area contributed by atoms with E-state index in [1.165, 1.54) is 0 Å². The van der Waals surface area contributed by atoms with Crippen molar-refractivity contribution in [3.8, 4) is 11.5 Å². The number of fused-ring (bicyclic) bond motifs is 1. The second kappa shape index (κ2) is 8.69. The number of methoxy groups -OCH3 is 1. The average Bonchev–Trinajstić information content (AvgIpc) is 2.97. The first-order chi connectivity index (χ1) is 12.1. The predicted molar refractivity (Wildman–Crippen MR) is 107 cm³/mol. The Labute approximate surface area is 161 Å². The molecule has 6 nitrogen and oxygen atoms in total. The highest BCUT2D eigenvalue weighted by molar-refractivity contribution is 6.32. The van der Waals surface area contributed by atoms with Crippen LogP contribution in [-0.2, 0) is 6.54 Å². The molecule has 1 aromatic heterocycles. The van der Waals surface area contributed by atoms with E-state index >= 15 is 0 Å². The maximum absolute atomic E-state index is 11.3. The molecule has 0 radical (unpaired) electrons. The number of ether oxygens (including phenoxy) is 2. The Balaban J connectivity index is 0.00000243. The summed E-state index contributed by atoms with van der Waals surface area (Å²) in [5.74, 6) is 1.07. The summed E-state index contributed by atoms with van der Waals surface area (Å²) in [7, 11) is 1.57. The first-order valence-electron chi connectivity index (χ1n) is 7.66. The molecule has 0 aliphatic rings. The molecule has 0 spiro atoms. The first-order valence-corrected chi connectivity index (χ1v) is 8.04. The minimum absolute atomic E-state index is 0. The molecule has 0 saturated heterocycles. The van der Waals surface area contributed by atoms with E-state index in [4.69, 9.17) is 21.1 Å². The van der Waals surface area contributed by atoms with Gasteiger partial charge in [0.15, 0.2) is 11.5 Å². The zero-order valence-electron chi connectivity index (χ0n) is 14.1. The Kier molecular flexibility index (Phi) is 6.60. The van der Waals surface area contributed by atoms with E-state index in [1.807, 2.05) is 30.3 Å². The molecule has 3 N–H and O–H groups in total. The molecule has 138 valence electrons. The van der Waals surface area contributed by atoms with Crippen molar-refractivity contribution in [2.45, 2.75) is 6.54 Å². The van der Waals surface area contributed by atoms with E-state index in [-0.39, 0.29) is 18.1 Å². The van der Waals surface area contributed by atoms with Crippen molar-refractivity contribution in [2.75, 3.05) is 19.0 Å². The van der Waals surface area contributed by atoms with Crippen molar-refractivity contribution in [3.63, 3.8) is 0 Å². The van der Waals surface area contributed by atoms with Gasteiger partial charge in [-0.1, -0.05) is 24.3 Å². The van der Waals surface area contributed by atoms with Gasteiger partial charge in [0, 0.05) is 12.2 Å². The van der Waals surface area contributed by atoms with Crippen LogP contribution in [0.3, 0.4) is 0 Å². The van der Waals surface area contributed by atoms with Gasteiger partial charge in [-0.2, -0.15) is 0 Å². The molecule has 26 heavy (non-hydrogen) atoms. The van der Waals surface area contributed by atoms with Crippen molar-refractivity contribution in [2.24, 2.45) is 0 Å². The normalized spacial score (nSPS) is 10.2. The highest BCUT2D eigenvalue weighted by Gasteiger charge is 2.12. The smallest absolute Gasteiger partial charge is 0.323 e. The van der Waals surface area contributed by atoms with Crippen LogP contribution in [0.1, 0.15) is 5.56 Å². The van der Waals surface area contributed by atoms with Gasteiger partial charge in [-0.3, -0.25) is 0 Å². The molecule has 1 heterocycles. The summed E-state index contributed by atoms with van der Waals surface area (Å²) in [6, 6.07) is 9.30. The quantitative estimate of drug-likeness (QED) is 0.525. The molecule has 0 fully saturated rings. The van der Waals surface area contributed by atoms with Crippen LogP contribution in [0.15, 0.2) is 47.8 Å². The molecule has 0 aliphatic carbocycles. The van der Waals surface area contributed by atoms with Gasteiger partial charge in [0.1, 0.15) is 6.61 Å². The summed E-state index contributed by atoms with van der Waals surface area (Å²) in [6.45, 7) is 4.51. The summed E-state index contributed by atoms with van der Waals surface area (Å²) in [6.07, 6.45) is 1.65. The third kappa shape index (κ3) is 4.33. The Bertz CT molecular complexity index is 966. The molecule has 0 saturated carbocycles. The summed E-state index contributed by atoms with van der Waals surface area (Å²) in [5.41, 5.74) is 3.11. The summed E-state index contributed by atoms with van der Waals surface area (Å²) < 4.78 is 10.9. The fourth-order valence-electron chi connectivity index (χ4n) is 2.50. The second-order valence-electron chi connectivity index (χ2n) is 5.40. The molecular formula is C18H19Cl2N3O3. The van der Waals surface area contributed by atoms with E-state index in [0.717, 1.165) is 22.3 Å². The van der Waals surface area contributed by atoms with Crippen LogP contribution in [0.5, 0.6) is 11.5 Å². The van der Waals surface area contributed by atoms with Crippen LogP contribution in [0.25, 0.3) is 11.0 Å². The monoisotopic (exact) mass is 395 g/mol. The highest BCUT2D eigenvalue weighted by atomic mass is 35.5. The molecule has 0 unspecified atom stereocenters. The van der Waals surface area contributed by atoms with E-state index < -0.39 is 0 Å². The van der Waals surface area contributed by atoms with Crippen molar-refractivity contribution < 1.29 is 9.47 Å². The number of benzene rings is 2. The van der Waals surface area contributed by atoms with Gasteiger partial charge in [0.2, 0.25) is 0 Å². The van der Waals surface area contributed by atoms with Gasteiger partial charge in [0.25, 0.3) is 0 Å². The third-order valence-corrected chi connectivity index (χ3v) is 3.93. The number of anilines is 1. The molecular weight excluding hydrogens is 377 g/mol. The zero-order valence-corrected chi connectivity index (χ0v) is 15.7. The lowest BCUT2D eigenvalue weighted by Crippen LogP contribution is -2.02. The predicted octanol–water partition coefficient (Wildman–Crippen LogP) is 4.12. The van der Waals surface area contributed by atoms with Gasteiger partial charge in [-0.05, 0) is 35.9 Å². The van der Waals surface area contributed by atoms with Gasteiger partial charge in [-0.25, -0.2) is 4.79 Å². The largest absolute Gasteiger partial charge is 0.493 e. The molecule has 8 heteroatoms. The lowest BCUT2D eigenvalue weighted by atomic mass is 10.2. The van der Waals surface area contributed by atoms with Crippen LogP contribution in [0, 0.1) is 0 Å². The Morgan fingerprint density at radius 3 is 2.73 bits per heavy atom. The lowest BCUT2D eigenvalue weighted by molar-refractivity contribution is 0.326. The van der Waals surface area contributed by atoms with Crippen LogP contribution in [-0.4, -0.2) is 23.7 Å². The van der Waals surface area contributed by atoms with E-state index in [0.29, 0.717) is 29.7 Å². The molecule has 0 bridgehead atoms. The van der Waals surface area contributed by atoms with Crippen molar-refractivity contribution in [1.82, 2.24) is 9.97 Å². The number of hydrogen-bond acceptors (Lipinski definition) is 4. The lowest BCUT2D eigenvalue weighted by Gasteiger charge is -2.14. The minimum Gasteiger partial charge on any atom is -0.493 e. The molecule has 0 atom stereocenters. The number of aromatic amines is 2. The fraction of sp³-hybridized carbons (Fsp3) is 0.167. The molecule has 3 rings (SSSR count). The molecule has 0 aliphatic heterocycles. The SMILES string of the molecule is C=CCOc1c(Cl)cc(CNc2ccc3[nH]c(=O)[nH]c3c2)cc1OC.Cl. The fourth-order valence-corrected chi connectivity index (χ4v) is 2.79. The van der Waals surface area contributed by atoms with Crippen molar-refractivity contribution in [1.29, 1.82) is 0 Å². The number of halogens is 2. The summed E-state index contributed by atoms with van der Waals surface area (Å²) in [4.78, 5) is 16.8. The number of hydrogen-bond donors (Lipinski definition) is 3. The van der Waals surface area contributed by atoms with Gasteiger partial charge in [0.05, 0.1) is 23.2 Å². The molecule has 2 aromatic carbocycles. The van der Waals surface area contributed by atoms with E-state index in [9.17, 15) is 4.79 Å². The van der Waals surface area contributed by atoms with Gasteiger partial charge in [-0.15, -0.1) is 12.4 Å². The van der Waals surface area contributed by atoms with E-state index in [2.05, 4.69) is 21.9 Å². The highest BCUT2D eigenvalue weighted by Crippen LogP contribution is 2.36. The van der Waals surface area contributed by atoms with Crippen LogP contribution in [0.4, 0.5) is 5.69 Å². The molecule has 3 aromatic rings. The third-order valence-electron chi connectivity index (χ3n) is 3.65. The minimum atomic E-state index is -0.223. The number of rotatable bonds is 7. The van der Waals surface area contributed by atoms with Gasteiger partial charge < -0.3 is 24.8 Å². The van der Waals surface area contributed by atoms with Crippen molar-refractivity contribution >= 4 is 40.7 Å². The Morgan fingerprint density at radius 2 is 2.00 bits per heavy atom. The van der Waals surface area contributed by atoms with Crippen LogP contribution >= 0.6 is 24.0 Å². The zero-order chi connectivity index (χ0) is 17.8. The second-order valence-corrected chi connectivity index (χ2v) is 5.81. The average molecular weight is 396 g/mol. The Hall–Kier alpha value is -2.57. The first kappa shape index (κ1) is 19.8. The number of imidazole rings is 1. The molecule has 0 amide bonds. The van der Waals surface area contributed by atoms with Gasteiger partial charge >= 0.3 is 5.69 Å². The summed E-state index contributed by atoms with van der Waals surface area (Å²) >= 11 is 6.30. The standard InChI is InChI=1S/C18H18ClN3O3.ClH/c1-3-6-25-17-13(19)7-11(8-16(17)24-2)10-20-12-4-5-14-15(9-12)22-18(23)21-14;/h3-5,7-9,20H,1,6,10H2,2H3,(H2,21,22,23);1H. The number of nitrogens with one attached hydrogen (secondary N) is 3.